The highest BCUT2D eigenvalue weighted by Gasteiger charge is 2.55. The topological polar surface area (TPSA) is 86.2 Å². The smallest absolute Gasteiger partial charge is 0.406 e. The third-order valence-corrected chi connectivity index (χ3v) is 3.31. The molecule has 0 aliphatic carbocycles. The fourth-order valence-electron chi connectivity index (χ4n) is 2.36. The summed E-state index contributed by atoms with van der Waals surface area (Å²) >= 11 is 0. The maximum absolute atomic E-state index is 12.3. The number of anilines is 1. The molecular weight excluding hydrogens is 328 g/mol. The normalized spacial score (nSPS) is 22.3. The van der Waals surface area contributed by atoms with Gasteiger partial charge in [-0.05, 0) is 18.2 Å². The Kier molecular flexibility index (Phi) is 3.16. The molecule has 1 unspecified atom stereocenters. The first-order valence-corrected chi connectivity index (χ1v) is 6.05. The molecule has 1 aromatic rings. The highest BCUT2D eigenvalue weighted by Crippen LogP contribution is 2.46. The largest absolute Gasteiger partial charge is 0.573 e. The van der Waals surface area contributed by atoms with Crippen LogP contribution in [-0.4, -0.2) is 24.0 Å². The van der Waals surface area contributed by atoms with Crippen LogP contribution in [0.1, 0.15) is 12.0 Å². The predicted octanol–water partition coefficient (Wildman–Crippen LogP) is 1.94. The molecule has 0 saturated carbocycles. The number of rotatable bonds is 2. The molecule has 11 heteroatoms. The number of oxime groups is 1. The van der Waals surface area contributed by atoms with E-state index in [1.54, 1.807) is 0 Å². The highest BCUT2D eigenvalue weighted by atomic mass is 19.4. The summed E-state index contributed by atoms with van der Waals surface area (Å²) in [6, 6.07) is 3.11. The number of fused-ring (bicyclic) bond motifs is 2. The van der Waals surface area contributed by atoms with Gasteiger partial charge >= 0.3 is 12.3 Å². The van der Waals surface area contributed by atoms with Crippen LogP contribution in [0.15, 0.2) is 23.4 Å². The van der Waals surface area contributed by atoms with Crippen molar-refractivity contribution in [1.82, 2.24) is 0 Å². The van der Waals surface area contributed by atoms with E-state index < -0.39 is 41.7 Å². The van der Waals surface area contributed by atoms with E-state index in [-0.39, 0.29) is 11.3 Å². The molecule has 1 amide bonds. The number of hydrogen-bond donors (Lipinski definition) is 1. The molecule has 23 heavy (non-hydrogen) atoms. The fourth-order valence-corrected chi connectivity index (χ4v) is 2.36. The second-order valence-corrected chi connectivity index (χ2v) is 4.71. The molecular formula is C12H6F4N2O5. The number of nitrogens with one attached hydrogen (secondary N) is 1. The van der Waals surface area contributed by atoms with Crippen molar-refractivity contribution in [2.75, 3.05) is 5.32 Å². The van der Waals surface area contributed by atoms with Crippen molar-refractivity contribution in [1.29, 1.82) is 0 Å². The molecule has 1 aromatic carbocycles. The number of benzene rings is 1. The quantitative estimate of drug-likeness (QED) is 0.835. The van der Waals surface area contributed by atoms with E-state index in [2.05, 4.69) is 20.2 Å². The van der Waals surface area contributed by atoms with Gasteiger partial charge in [-0.3, -0.25) is 4.79 Å². The number of hydrogen-bond acceptors (Lipinski definition) is 6. The molecule has 0 radical (unpaired) electrons. The molecule has 7 nitrogen and oxygen atoms in total. The first-order chi connectivity index (χ1) is 10.7. The average Bonchev–Trinajstić information content (AvgIpc) is 3.02. The van der Waals surface area contributed by atoms with E-state index in [0.29, 0.717) is 0 Å². The Labute approximate surface area is 124 Å². The fraction of sp³-hybridized carbons (Fsp3) is 0.250. The van der Waals surface area contributed by atoms with E-state index in [1.165, 1.54) is 6.07 Å². The van der Waals surface area contributed by atoms with Gasteiger partial charge in [0.2, 0.25) is 5.60 Å². The van der Waals surface area contributed by atoms with Crippen molar-refractivity contribution in [3.05, 3.63) is 23.8 Å². The number of halogens is 4. The van der Waals surface area contributed by atoms with Crippen LogP contribution in [0.3, 0.4) is 0 Å². The zero-order chi connectivity index (χ0) is 16.8. The molecule has 1 atom stereocenters. The van der Waals surface area contributed by atoms with Crippen LogP contribution in [0, 0.1) is 0 Å². The zero-order valence-electron chi connectivity index (χ0n) is 10.9. The Hall–Kier alpha value is -2.85. The summed E-state index contributed by atoms with van der Waals surface area (Å²) in [5.41, 5.74) is -2.24. The van der Waals surface area contributed by atoms with Crippen LogP contribution in [0.2, 0.25) is 0 Å². The molecule has 3 rings (SSSR count). The molecule has 1 spiro atoms. The van der Waals surface area contributed by atoms with E-state index in [4.69, 9.17) is 4.84 Å². The second kappa shape index (κ2) is 4.83. The van der Waals surface area contributed by atoms with E-state index in [0.717, 1.165) is 12.1 Å². The summed E-state index contributed by atoms with van der Waals surface area (Å²) in [6.07, 6.45) is -5.42. The average molecular weight is 334 g/mol. The predicted molar refractivity (Wildman–Crippen MR) is 63.8 cm³/mol. The molecule has 2 aliphatic rings. The monoisotopic (exact) mass is 334 g/mol. The summed E-state index contributed by atoms with van der Waals surface area (Å²) in [5.74, 6) is -2.80. The molecule has 122 valence electrons. The lowest BCUT2D eigenvalue weighted by atomic mass is 9.90. The van der Waals surface area contributed by atoms with Gasteiger partial charge in [0.05, 0.1) is 6.42 Å². The van der Waals surface area contributed by atoms with E-state index >= 15 is 0 Å². The van der Waals surface area contributed by atoms with Crippen LogP contribution in [-0.2, 0) is 25.0 Å². The van der Waals surface area contributed by atoms with Crippen LogP contribution in [0.25, 0.3) is 0 Å². The highest BCUT2D eigenvalue weighted by molar-refractivity contribution is 6.37. The van der Waals surface area contributed by atoms with Gasteiger partial charge in [0, 0.05) is 15.8 Å². The van der Waals surface area contributed by atoms with Crippen molar-refractivity contribution in [2.45, 2.75) is 18.4 Å². The molecule has 0 saturated heterocycles. The summed E-state index contributed by atoms with van der Waals surface area (Å²) in [5, 5.41) is 5.65. The summed E-state index contributed by atoms with van der Waals surface area (Å²) in [6.45, 7) is 0. The lowest BCUT2D eigenvalue weighted by Crippen LogP contribution is -2.35. The Balaban J connectivity index is 1.96. The van der Waals surface area contributed by atoms with Crippen molar-refractivity contribution < 1.29 is 41.8 Å². The third-order valence-electron chi connectivity index (χ3n) is 3.31. The molecule has 1 N–H and O–H groups in total. The van der Waals surface area contributed by atoms with Crippen LogP contribution >= 0.6 is 0 Å². The molecule has 2 heterocycles. The number of ether oxygens (including phenoxy) is 1. The first-order valence-electron chi connectivity index (χ1n) is 6.05. The van der Waals surface area contributed by atoms with Crippen LogP contribution in [0.5, 0.6) is 5.75 Å². The zero-order valence-corrected chi connectivity index (χ0v) is 10.9. The van der Waals surface area contributed by atoms with Crippen molar-refractivity contribution in [3.63, 3.8) is 0 Å². The lowest BCUT2D eigenvalue weighted by Gasteiger charge is -2.19. The Morgan fingerprint density at radius 2 is 2.13 bits per heavy atom. The molecule has 2 aliphatic heterocycles. The van der Waals surface area contributed by atoms with Gasteiger partial charge in [-0.15, -0.1) is 13.2 Å². The van der Waals surface area contributed by atoms with Gasteiger partial charge in [-0.1, -0.05) is 5.16 Å². The van der Waals surface area contributed by atoms with Gasteiger partial charge in [0.1, 0.15) is 5.75 Å². The minimum absolute atomic E-state index is 0.0188. The molecule has 0 aromatic heterocycles. The van der Waals surface area contributed by atoms with Crippen molar-refractivity contribution in [2.24, 2.45) is 5.16 Å². The SMILES string of the molecule is O=C(OF)C1=NOC2(C1)C(=O)Nc1ccc(OC(F)(F)F)cc12. The van der Waals surface area contributed by atoms with Crippen molar-refractivity contribution >= 4 is 23.3 Å². The third kappa shape index (κ3) is 2.43. The number of carbonyl (C=O) groups excluding carboxylic acids is 2. The van der Waals surface area contributed by atoms with E-state index in [9.17, 15) is 27.3 Å². The Morgan fingerprint density at radius 3 is 2.78 bits per heavy atom. The first kappa shape index (κ1) is 15.1. The van der Waals surface area contributed by atoms with Crippen LogP contribution < -0.4 is 10.1 Å². The molecule has 0 bridgehead atoms. The summed E-state index contributed by atoms with van der Waals surface area (Å²) in [4.78, 5) is 31.1. The molecule has 0 fully saturated rings. The minimum atomic E-state index is -4.92. The van der Waals surface area contributed by atoms with Crippen molar-refractivity contribution in [3.8, 4) is 5.75 Å². The maximum atomic E-state index is 12.3. The van der Waals surface area contributed by atoms with Crippen LogP contribution in [0.4, 0.5) is 23.4 Å². The van der Waals surface area contributed by atoms with Gasteiger partial charge in [0.15, 0.2) is 5.71 Å². The Morgan fingerprint density at radius 1 is 1.39 bits per heavy atom. The maximum Gasteiger partial charge on any atom is 0.573 e. The number of alkyl halides is 3. The Bertz CT molecular complexity index is 733. The number of carbonyl (C=O) groups is 2. The minimum Gasteiger partial charge on any atom is -0.406 e. The van der Waals surface area contributed by atoms with E-state index in [1.807, 2.05) is 0 Å². The summed E-state index contributed by atoms with van der Waals surface area (Å²) < 4.78 is 52.6. The second-order valence-electron chi connectivity index (χ2n) is 4.71. The number of amides is 1. The summed E-state index contributed by atoms with van der Waals surface area (Å²) in [7, 11) is 0. The lowest BCUT2D eigenvalue weighted by molar-refractivity contribution is -0.274. The van der Waals surface area contributed by atoms with Gasteiger partial charge in [-0.2, -0.15) is 0 Å². The number of nitrogens with zero attached hydrogens (tertiary/aromatic N) is 1. The van der Waals surface area contributed by atoms with Gasteiger partial charge in [-0.25, -0.2) is 9.74 Å². The van der Waals surface area contributed by atoms with Gasteiger partial charge in [0.25, 0.3) is 5.91 Å². The standard InChI is InChI=1S/C12H6F4N2O5/c13-12(14,15)21-5-1-2-7-6(3-5)11(10(20)17-7)4-8(18-23-11)9(19)22-16/h1-3H,4H2,(H,17,20). The van der Waals surface area contributed by atoms with Gasteiger partial charge < -0.3 is 14.9 Å².